The molecule has 0 atom stereocenters. The average molecular weight is 315 g/mol. The number of halogens is 2. The Morgan fingerprint density at radius 3 is 2.78 bits per heavy atom. The van der Waals surface area contributed by atoms with Crippen LogP contribution in [0.2, 0.25) is 0 Å². The number of carbonyl (C=O) groups is 1. The number of carboxylic acid groups (broad SMARTS) is 1. The molecule has 1 heterocycles. The number of aliphatic carboxylic acids is 1. The van der Waals surface area contributed by atoms with Crippen LogP contribution in [0.25, 0.3) is 10.8 Å². The number of benzene rings is 1. The van der Waals surface area contributed by atoms with E-state index in [0.29, 0.717) is 9.86 Å². The summed E-state index contributed by atoms with van der Waals surface area (Å²) in [6.07, 6.45) is 0. The Morgan fingerprint density at radius 2 is 2.17 bits per heavy atom. The van der Waals surface area contributed by atoms with Crippen molar-refractivity contribution in [3.8, 4) is 0 Å². The summed E-state index contributed by atoms with van der Waals surface area (Å²) in [5, 5.41) is 13.0. The first-order valence-electron chi connectivity index (χ1n) is 5.00. The lowest BCUT2D eigenvalue weighted by Crippen LogP contribution is -2.27. The summed E-state index contributed by atoms with van der Waals surface area (Å²) in [6, 6.07) is 4.77. The molecule has 18 heavy (non-hydrogen) atoms. The van der Waals surface area contributed by atoms with Crippen molar-refractivity contribution in [2.24, 2.45) is 0 Å². The van der Waals surface area contributed by atoms with Crippen LogP contribution in [-0.4, -0.2) is 20.9 Å². The Bertz CT molecular complexity index is 684. The third kappa shape index (κ3) is 2.26. The van der Waals surface area contributed by atoms with Crippen molar-refractivity contribution in [3.63, 3.8) is 0 Å². The largest absolute Gasteiger partial charge is 0.480 e. The minimum Gasteiger partial charge on any atom is -0.480 e. The zero-order valence-electron chi connectivity index (χ0n) is 9.06. The first kappa shape index (κ1) is 12.7. The van der Waals surface area contributed by atoms with Gasteiger partial charge in [-0.3, -0.25) is 9.59 Å². The fourth-order valence-electron chi connectivity index (χ4n) is 1.66. The van der Waals surface area contributed by atoms with Gasteiger partial charge in [-0.2, -0.15) is 5.10 Å². The van der Waals surface area contributed by atoms with Crippen molar-refractivity contribution >= 4 is 32.7 Å². The molecule has 2 rings (SSSR count). The van der Waals surface area contributed by atoms with E-state index in [0.717, 1.165) is 4.68 Å². The van der Waals surface area contributed by atoms with Crippen LogP contribution < -0.4 is 5.56 Å². The maximum Gasteiger partial charge on any atom is 0.325 e. The highest BCUT2D eigenvalue weighted by atomic mass is 79.9. The Labute approximate surface area is 109 Å². The van der Waals surface area contributed by atoms with E-state index in [4.69, 9.17) is 5.11 Å². The molecule has 0 aliphatic heterocycles. The monoisotopic (exact) mass is 314 g/mol. The van der Waals surface area contributed by atoms with E-state index in [9.17, 15) is 14.0 Å². The molecule has 0 aliphatic rings. The SMILES string of the molecule is O=C(O)Cn1nc(CF)c2ccc(Br)cc2c1=O. The molecule has 5 nitrogen and oxygen atoms in total. The van der Waals surface area contributed by atoms with Crippen molar-refractivity contribution < 1.29 is 14.3 Å². The summed E-state index contributed by atoms with van der Waals surface area (Å²) in [4.78, 5) is 22.6. The van der Waals surface area contributed by atoms with Crippen LogP contribution in [0.5, 0.6) is 0 Å². The van der Waals surface area contributed by atoms with Gasteiger partial charge in [0.25, 0.3) is 5.56 Å². The molecule has 1 aromatic heterocycles. The van der Waals surface area contributed by atoms with E-state index in [-0.39, 0.29) is 11.1 Å². The number of alkyl halides is 1. The molecule has 2 aromatic rings. The van der Waals surface area contributed by atoms with Crippen LogP contribution in [0, 0.1) is 0 Å². The molecule has 0 spiro atoms. The summed E-state index contributed by atoms with van der Waals surface area (Å²) in [5.41, 5.74) is -0.496. The predicted octanol–water partition coefficient (Wildman–Crippen LogP) is 1.71. The van der Waals surface area contributed by atoms with E-state index in [1.165, 1.54) is 6.07 Å². The van der Waals surface area contributed by atoms with Crippen LogP contribution in [0.15, 0.2) is 27.5 Å². The Hall–Kier alpha value is -1.76. The third-order valence-corrected chi connectivity index (χ3v) is 2.90. The second kappa shape index (κ2) is 4.85. The van der Waals surface area contributed by atoms with Gasteiger partial charge < -0.3 is 5.11 Å². The van der Waals surface area contributed by atoms with Crippen LogP contribution >= 0.6 is 15.9 Å². The van der Waals surface area contributed by atoms with Gasteiger partial charge in [0.15, 0.2) is 0 Å². The maximum atomic E-state index is 12.9. The second-order valence-electron chi connectivity index (χ2n) is 3.63. The predicted molar refractivity (Wildman–Crippen MR) is 66.2 cm³/mol. The van der Waals surface area contributed by atoms with Crippen molar-refractivity contribution in [2.45, 2.75) is 13.2 Å². The molecule has 0 aliphatic carbocycles. The average Bonchev–Trinajstić information content (AvgIpc) is 2.32. The van der Waals surface area contributed by atoms with Crippen molar-refractivity contribution in [1.82, 2.24) is 9.78 Å². The van der Waals surface area contributed by atoms with E-state index >= 15 is 0 Å². The van der Waals surface area contributed by atoms with E-state index in [1.54, 1.807) is 12.1 Å². The second-order valence-corrected chi connectivity index (χ2v) is 4.54. The van der Waals surface area contributed by atoms with E-state index < -0.39 is 24.7 Å². The molecule has 0 unspecified atom stereocenters. The number of nitrogens with zero attached hydrogens (tertiary/aromatic N) is 2. The fraction of sp³-hybridized carbons (Fsp3) is 0.182. The van der Waals surface area contributed by atoms with Gasteiger partial charge in [-0.15, -0.1) is 0 Å². The molecule has 1 N–H and O–H groups in total. The van der Waals surface area contributed by atoms with Gasteiger partial charge >= 0.3 is 5.97 Å². The molecule has 0 bridgehead atoms. The van der Waals surface area contributed by atoms with Gasteiger partial charge in [-0.1, -0.05) is 22.0 Å². The number of carboxylic acids is 1. The van der Waals surface area contributed by atoms with Gasteiger partial charge in [-0.05, 0) is 12.1 Å². The standard InChI is InChI=1S/C11H8BrFN2O3/c12-6-1-2-7-8(3-6)11(18)15(5-10(16)17)14-9(7)4-13/h1-3H,4-5H2,(H,16,17). The molecule has 1 aromatic carbocycles. The number of hydrogen-bond acceptors (Lipinski definition) is 3. The summed E-state index contributed by atoms with van der Waals surface area (Å²) >= 11 is 3.21. The first-order valence-corrected chi connectivity index (χ1v) is 5.79. The van der Waals surface area contributed by atoms with Crippen molar-refractivity contribution in [1.29, 1.82) is 0 Å². The number of fused-ring (bicyclic) bond motifs is 1. The normalized spacial score (nSPS) is 10.8. The third-order valence-electron chi connectivity index (χ3n) is 2.41. The zero-order valence-corrected chi connectivity index (χ0v) is 10.6. The Kier molecular flexibility index (Phi) is 3.42. The maximum absolute atomic E-state index is 12.9. The first-order chi connectivity index (χ1) is 8.52. The van der Waals surface area contributed by atoms with Crippen molar-refractivity contribution in [3.05, 3.63) is 38.7 Å². The summed E-state index contributed by atoms with van der Waals surface area (Å²) in [5.74, 6) is -1.20. The van der Waals surface area contributed by atoms with Crippen LogP contribution in [0.3, 0.4) is 0 Å². The minimum absolute atomic E-state index is 0.0540. The topological polar surface area (TPSA) is 72.2 Å². The number of aromatic nitrogens is 2. The van der Waals surface area contributed by atoms with Gasteiger partial charge in [0, 0.05) is 9.86 Å². The molecule has 0 fully saturated rings. The van der Waals surface area contributed by atoms with Gasteiger partial charge in [-0.25, -0.2) is 9.07 Å². The molecule has 0 saturated carbocycles. The molecular weight excluding hydrogens is 307 g/mol. The van der Waals surface area contributed by atoms with Crippen LogP contribution in [-0.2, 0) is 18.0 Å². The van der Waals surface area contributed by atoms with Gasteiger partial charge in [0.05, 0.1) is 5.39 Å². The lowest BCUT2D eigenvalue weighted by Gasteiger charge is -2.07. The van der Waals surface area contributed by atoms with Crippen LogP contribution in [0.4, 0.5) is 4.39 Å². The smallest absolute Gasteiger partial charge is 0.325 e. The molecule has 0 saturated heterocycles. The fourth-order valence-corrected chi connectivity index (χ4v) is 2.02. The molecular formula is C11H8BrFN2O3. The van der Waals surface area contributed by atoms with Crippen LogP contribution in [0.1, 0.15) is 5.69 Å². The highest BCUT2D eigenvalue weighted by molar-refractivity contribution is 9.10. The highest BCUT2D eigenvalue weighted by Gasteiger charge is 2.12. The molecule has 7 heteroatoms. The summed E-state index contributed by atoms with van der Waals surface area (Å²) in [6.45, 7) is -1.45. The van der Waals surface area contributed by atoms with E-state index in [2.05, 4.69) is 21.0 Å². The van der Waals surface area contributed by atoms with Crippen molar-refractivity contribution in [2.75, 3.05) is 0 Å². The quantitative estimate of drug-likeness (QED) is 0.936. The van der Waals surface area contributed by atoms with Gasteiger partial charge in [0.2, 0.25) is 0 Å². The lowest BCUT2D eigenvalue weighted by atomic mass is 10.1. The number of hydrogen-bond donors (Lipinski definition) is 1. The highest BCUT2D eigenvalue weighted by Crippen LogP contribution is 2.19. The van der Waals surface area contributed by atoms with Gasteiger partial charge in [0.1, 0.15) is 18.9 Å². The molecule has 94 valence electrons. The molecule has 0 amide bonds. The number of rotatable bonds is 3. The Balaban J connectivity index is 2.79. The summed E-state index contributed by atoms with van der Waals surface area (Å²) in [7, 11) is 0. The molecule has 0 radical (unpaired) electrons. The lowest BCUT2D eigenvalue weighted by molar-refractivity contribution is -0.138. The summed E-state index contributed by atoms with van der Waals surface area (Å²) < 4.78 is 14.3. The Morgan fingerprint density at radius 1 is 1.44 bits per heavy atom. The zero-order chi connectivity index (χ0) is 13.3. The minimum atomic E-state index is -1.20. The van der Waals surface area contributed by atoms with E-state index in [1.807, 2.05) is 0 Å².